The number of hydrogen-bond acceptors (Lipinski definition) is 2. The molecule has 6 heteroatoms. The second-order valence-corrected chi connectivity index (χ2v) is 11.7. The Bertz CT molecular complexity index is 884. The molecule has 162 valence electrons. The molecule has 0 saturated heterocycles. The van der Waals surface area contributed by atoms with E-state index in [0.29, 0.717) is 6.54 Å². The zero-order chi connectivity index (χ0) is 22.1. The van der Waals surface area contributed by atoms with Crippen LogP contribution in [-0.2, 0) is 4.79 Å². The van der Waals surface area contributed by atoms with Crippen molar-refractivity contribution in [2.75, 3.05) is 26.3 Å². The van der Waals surface area contributed by atoms with Gasteiger partial charge in [-0.3, -0.25) is 0 Å². The van der Waals surface area contributed by atoms with Crippen LogP contribution in [0, 0.1) is 5.41 Å². The number of rotatable bonds is 9. The molecular formula is C25H31N4OP. The number of guanidine groups is 1. The molecule has 0 saturated carbocycles. The molecule has 0 aromatic heterocycles. The van der Waals surface area contributed by atoms with Gasteiger partial charge in [0.2, 0.25) is 0 Å². The molecule has 0 bridgehead atoms. The van der Waals surface area contributed by atoms with Crippen molar-refractivity contribution < 1.29 is 4.79 Å². The van der Waals surface area contributed by atoms with Gasteiger partial charge < -0.3 is 0 Å². The average Bonchev–Trinajstić information content (AvgIpc) is 2.81. The van der Waals surface area contributed by atoms with Crippen molar-refractivity contribution in [1.29, 1.82) is 5.41 Å². The molecule has 3 aromatic rings. The summed E-state index contributed by atoms with van der Waals surface area (Å²) >= 11 is 0. The molecule has 1 amide bonds. The van der Waals surface area contributed by atoms with E-state index in [1.165, 1.54) is 20.8 Å². The molecule has 0 aliphatic rings. The molecule has 0 unspecified atom stereocenters. The number of carbonyl (C=O) groups excluding carboxylic acids is 1. The molecule has 3 rings (SSSR count). The van der Waals surface area contributed by atoms with Crippen LogP contribution >= 0.6 is 7.26 Å². The Kier molecular flexibility index (Phi) is 7.80. The molecule has 0 aliphatic heterocycles. The van der Waals surface area contributed by atoms with Crippen LogP contribution in [0.2, 0.25) is 0 Å². The molecule has 0 radical (unpaired) electrons. The maximum absolute atomic E-state index is 12.2. The summed E-state index contributed by atoms with van der Waals surface area (Å²) in [5.74, 6) is -0.233. The summed E-state index contributed by atoms with van der Waals surface area (Å²) in [5.41, 5.74) is 5.42. The topological polar surface area (TPSA) is 82.2 Å². The number of benzene rings is 3. The Hall–Kier alpha value is -3.17. The molecule has 31 heavy (non-hydrogen) atoms. The monoisotopic (exact) mass is 434 g/mol. The van der Waals surface area contributed by atoms with Gasteiger partial charge in [0, 0.05) is 0 Å². The Morgan fingerprint density at radius 1 is 0.871 bits per heavy atom. The van der Waals surface area contributed by atoms with Crippen LogP contribution in [0.1, 0.15) is 6.42 Å². The second kappa shape index (κ2) is 10.7. The zero-order valence-corrected chi connectivity index (χ0v) is 18.9. The predicted molar refractivity (Wildman–Crippen MR) is 134 cm³/mol. The first-order valence-corrected chi connectivity index (χ1v) is 12.7. The van der Waals surface area contributed by atoms with Gasteiger partial charge in [-0.15, -0.1) is 0 Å². The quantitative estimate of drug-likeness (QED) is 0.209. The minimum atomic E-state index is -2.26. The summed E-state index contributed by atoms with van der Waals surface area (Å²) < 4.78 is 0. The number of carbonyl (C=O) groups is 1. The SMILES string of the molecule is CN(CC(=O)NCCC[PH](c1ccccc1)(c1ccccc1)c1ccccc1)C(=N)N. The average molecular weight is 435 g/mol. The van der Waals surface area contributed by atoms with Crippen LogP contribution in [0.25, 0.3) is 0 Å². The van der Waals surface area contributed by atoms with E-state index in [0.717, 1.165) is 12.6 Å². The van der Waals surface area contributed by atoms with Crippen molar-refractivity contribution in [2.45, 2.75) is 6.42 Å². The first-order valence-electron chi connectivity index (χ1n) is 10.5. The van der Waals surface area contributed by atoms with E-state index in [1.54, 1.807) is 7.05 Å². The number of nitrogens with zero attached hydrogens (tertiary/aromatic N) is 1. The molecule has 0 atom stereocenters. The van der Waals surface area contributed by atoms with Gasteiger partial charge in [0.15, 0.2) is 0 Å². The number of nitrogens with one attached hydrogen (secondary N) is 2. The van der Waals surface area contributed by atoms with Gasteiger partial charge in [-0.05, 0) is 0 Å². The normalized spacial score (nSPS) is 11.5. The van der Waals surface area contributed by atoms with Crippen molar-refractivity contribution >= 4 is 35.0 Å². The van der Waals surface area contributed by atoms with E-state index in [2.05, 4.69) is 96.3 Å². The van der Waals surface area contributed by atoms with Gasteiger partial charge in [-0.25, -0.2) is 0 Å². The number of hydrogen-bond donors (Lipinski definition) is 3. The third-order valence-electron chi connectivity index (χ3n) is 5.64. The van der Waals surface area contributed by atoms with Gasteiger partial charge in [-0.2, -0.15) is 0 Å². The van der Waals surface area contributed by atoms with Crippen LogP contribution < -0.4 is 27.0 Å². The first kappa shape index (κ1) is 22.5. The standard InChI is InChI=1S/C25H31N4OP/c1-29(25(26)27)20-24(30)28-18-11-19-31(21-12-5-2-6-13-21,22-14-7-3-8-15-22)23-16-9-4-10-17-23/h2-10,12-17,31H,11,18-20H2,1H3,(H3,26,27)(H,28,30). The molecule has 0 spiro atoms. The fraction of sp³-hybridized carbons (Fsp3) is 0.200. The second-order valence-electron chi connectivity index (χ2n) is 7.70. The summed E-state index contributed by atoms with van der Waals surface area (Å²) in [6.45, 7) is 0.680. The van der Waals surface area contributed by atoms with Crippen molar-refractivity contribution in [2.24, 2.45) is 5.73 Å². The number of likely N-dealkylation sites (N-methyl/N-ethyl adjacent to an activating group) is 1. The molecular weight excluding hydrogens is 403 g/mol. The number of nitrogens with two attached hydrogens (primary N) is 1. The summed E-state index contributed by atoms with van der Waals surface area (Å²) in [5, 5.41) is 14.5. The zero-order valence-electron chi connectivity index (χ0n) is 17.9. The van der Waals surface area contributed by atoms with E-state index in [4.69, 9.17) is 11.1 Å². The van der Waals surface area contributed by atoms with Gasteiger partial charge in [0.25, 0.3) is 0 Å². The van der Waals surface area contributed by atoms with Crippen LogP contribution in [-0.4, -0.2) is 43.1 Å². The molecule has 5 nitrogen and oxygen atoms in total. The number of amides is 1. The van der Waals surface area contributed by atoms with E-state index in [1.807, 2.05) is 0 Å². The van der Waals surface area contributed by atoms with Crippen molar-refractivity contribution in [1.82, 2.24) is 10.2 Å². The molecule has 4 N–H and O–H groups in total. The Morgan fingerprint density at radius 3 is 1.68 bits per heavy atom. The minimum absolute atomic E-state index is 0.0912. The van der Waals surface area contributed by atoms with E-state index in [-0.39, 0.29) is 18.4 Å². The van der Waals surface area contributed by atoms with E-state index in [9.17, 15) is 4.79 Å². The molecule has 0 fully saturated rings. The summed E-state index contributed by atoms with van der Waals surface area (Å²) in [6.07, 6.45) is 1.84. The van der Waals surface area contributed by atoms with Crippen LogP contribution in [0.3, 0.4) is 0 Å². The summed E-state index contributed by atoms with van der Waals surface area (Å²) in [4.78, 5) is 13.6. The van der Waals surface area contributed by atoms with Crippen LogP contribution in [0.5, 0.6) is 0 Å². The van der Waals surface area contributed by atoms with Crippen LogP contribution in [0.15, 0.2) is 91.0 Å². The molecule has 0 heterocycles. The summed E-state index contributed by atoms with van der Waals surface area (Å²) in [6, 6.07) is 32.3. The summed E-state index contributed by atoms with van der Waals surface area (Å²) in [7, 11) is -0.623. The van der Waals surface area contributed by atoms with E-state index >= 15 is 0 Å². The van der Waals surface area contributed by atoms with Crippen LogP contribution in [0.4, 0.5) is 0 Å². The van der Waals surface area contributed by atoms with Gasteiger partial charge in [0.1, 0.15) is 0 Å². The molecule has 0 aliphatic carbocycles. The van der Waals surface area contributed by atoms with Gasteiger partial charge in [0.05, 0.1) is 0 Å². The Morgan fingerprint density at radius 2 is 1.29 bits per heavy atom. The third kappa shape index (κ3) is 5.50. The van der Waals surface area contributed by atoms with Crippen molar-refractivity contribution in [3.63, 3.8) is 0 Å². The van der Waals surface area contributed by atoms with E-state index < -0.39 is 7.26 Å². The third-order valence-corrected chi connectivity index (χ3v) is 10.7. The Labute approximate surface area is 185 Å². The fourth-order valence-electron chi connectivity index (χ4n) is 4.04. The first-order chi connectivity index (χ1) is 15.0. The molecule has 3 aromatic carbocycles. The maximum atomic E-state index is 12.2. The van der Waals surface area contributed by atoms with Gasteiger partial charge in [-0.1, -0.05) is 0 Å². The van der Waals surface area contributed by atoms with Crippen molar-refractivity contribution in [3.05, 3.63) is 91.0 Å². The van der Waals surface area contributed by atoms with Crippen molar-refractivity contribution in [3.8, 4) is 0 Å². The van der Waals surface area contributed by atoms with Gasteiger partial charge >= 0.3 is 185 Å². The predicted octanol–water partition coefficient (Wildman–Crippen LogP) is 2.04. The Balaban J connectivity index is 1.87. The fourth-order valence-corrected chi connectivity index (χ4v) is 8.90.